The molecular formula is C19H21ClN2O2S. The first-order valence-electron chi connectivity index (χ1n) is 8.47. The molecule has 4 nitrogen and oxygen atoms in total. The van der Waals surface area contributed by atoms with Crippen molar-refractivity contribution in [1.29, 1.82) is 0 Å². The van der Waals surface area contributed by atoms with E-state index in [1.165, 1.54) is 0 Å². The number of amides is 2. The van der Waals surface area contributed by atoms with E-state index in [0.29, 0.717) is 24.5 Å². The molecule has 25 heavy (non-hydrogen) atoms. The van der Waals surface area contributed by atoms with Crippen LogP contribution in [0.4, 0.5) is 0 Å². The molecule has 1 N–H and O–H groups in total. The summed E-state index contributed by atoms with van der Waals surface area (Å²) < 4.78 is 0. The van der Waals surface area contributed by atoms with Gasteiger partial charge in [-0.15, -0.1) is 11.3 Å². The van der Waals surface area contributed by atoms with E-state index < -0.39 is 0 Å². The van der Waals surface area contributed by atoms with Gasteiger partial charge in [-0.2, -0.15) is 0 Å². The number of nitrogens with zero attached hydrogens (tertiary/aromatic N) is 1. The lowest BCUT2D eigenvalue weighted by Gasteiger charge is -2.24. The fourth-order valence-corrected chi connectivity index (χ4v) is 3.92. The molecule has 1 fully saturated rings. The summed E-state index contributed by atoms with van der Waals surface area (Å²) >= 11 is 7.45. The van der Waals surface area contributed by atoms with E-state index in [-0.39, 0.29) is 17.9 Å². The molecule has 1 saturated heterocycles. The van der Waals surface area contributed by atoms with E-state index in [9.17, 15) is 9.59 Å². The van der Waals surface area contributed by atoms with Crippen molar-refractivity contribution in [2.45, 2.75) is 31.7 Å². The minimum Gasteiger partial charge on any atom is -0.354 e. The van der Waals surface area contributed by atoms with Crippen LogP contribution >= 0.6 is 22.9 Å². The zero-order chi connectivity index (χ0) is 17.6. The van der Waals surface area contributed by atoms with Crippen LogP contribution in [0.25, 0.3) is 0 Å². The topological polar surface area (TPSA) is 49.4 Å². The summed E-state index contributed by atoms with van der Waals surface area (Å²) in [4.78, 5) is 27.8. The van der Waals surface area contributed by atoms with Crippen molar-refractivity contribution in [2.24, 2.45) is 0 Å². The van der Waals surface area contributed by atoms with Gasteiger partial charge >= 0.3 is 0 Å². The smallest absolute Gasteiger partial charge is 0.242 e. The van der Waals surface area contributed by atoms with Crippen molar-refractivity contribution in [2.75, 3.05) is 13.1 Å². The standard InChI is InChI=1S/C19H21ClN2O2S/c20-15-7-5-14(6-8-15)9-10-21-19(24)17-4-1-11-22(17)18(23)13-16-3-2-12-25-16/h2-3,5-8,12,17H,1,4,9-11,13H2,(H,21,24). The van der Waals surface area contributed by atoms with Gasteiger partial charge in [-0.3, -0.25) is 9.59 Å². The lowest BCUT2D eigenvalue weighted by molar-refractivity contribution is -0.137. The summed E-state index contributed by atoms with van der Waals surface area (Å²) in [6, 6.07) is 11.2. The van der Waals surface area contributed by atoms with Gasteiger partial charge in [0.15, 0.2) is 0 Å². The van der Waals surface area contributed by atoms with Crippen LogP contribution in [-0.2, 0) is 22.4 Å². The number of hydrogen-bond donors (Lipinski definition) is 1. The highest BCUT2D eigenvalue weighted by atomic mass is 35.5. The Morgan fingerprint density at radius 1 is 1.24 bits per heavy atom. The second kappa shape index (κ2) is 8.50. The number of hydrogen-bond acceptors (Lipinski definition) is 3. The fourth-order valence-electron chi connectivity index (χ4n) is 3.10. The summed E-state index contributed by atoms with van der Waals surface area (Å²) in [5, 5.41) is 5.64. The molecule has 1 aromatic carbocycles. The zero-order valence-electron chi connectivity index (χ0n) is 13.9. The molecule has 3 rings (SSSR count). The third-order valence-corrected chi connectivity index (χ3v) is 5.54. The first kappa shape index (κ1) is 18.0. The van der Waals surface area contributed by atoms with Gasteiger partial charge in [-0.25, -0.2) is 0 Å². The van der Waals surface area contributed by atoms with Crippen molar-refractivity contribution < 1.29 is 9.59 Å². The summed E-state index contributed by atoms with van der Waals surface area (Å²) in [5.74, 6) is -0.0104. The maximum Gasteiger partial charge on any atom is 0.242 e. The molecule has 1 atom stereocenters. The zero-order valence-corrected chi connectivity index (χ0v) is 15.5. The Hall–Kier alpha value is -1.85. The molecule has 2 aromatic rings. The molecule has 0 radical (unpaired) electrons. The molecule has 0 saturated carbocycles. The van der Waals surface area contributed by atoms with E-state index in [1.54, 1.807) is 16.2 Å². The fraction of sp³-hybridized carbons (Fsp3) is 0.368. The van der Waals surface area contributed by atoms with Crippen LogP contribution in [0.5, 0.6) is 0 Å². The molecule has 2 amide bonds. The first-order chi connectivity index (χ1) is 12.1. The van der Waals surface area contributed by atoms with Gasteiger partial charge in [0.05, 0.1) is 6.42 Å². The van der Waals surface area contributed by atoms with E-state index >= 15 is 0 Å². The van der Waals surface area contributed by atoms with Crippen molar-refractivity contribution in [3.63, 3.8) is 0 Å². The van der Waals surface area contributed by atoms with Crippen LogP contribution in [0.2, 0.25) is 5.02 Å². The van der Waals surface area contributed by atoms with E-state index in [4.69, 9.17) is 11.6 Å². The van der Waals surface area contributed by atoms with Gasteiger partial charge in [0.2, 0.25) is 11.8 Å². The van der Waals surface area contributed by atoms with Crippen molar-refractivity contribution in [3.05, 3.63) is 57.2 Å². The third-order valence-electron chi connectivity index (χ3n) is 4.41. The van der Waals surface area contributed by atoms with Crippen LogP contribution in [0.15, 0.2) is 41.8 Å². The summed E-state index contributed by atoms with van der Waals surface area (Å²) in [6.07, 6.45) is 2.75. The van der Waals surface area contributed by atoms with Crippen LogP contribution < -0.4 is 5.32 Å². The molecule has 1 aliphatic rings. The summed E-state index contributed by atoms with van der Waals surface area (Å²) in [7, 11) is 0. The second-order valence-electron chi connectivity index (χ2n) is 6.17. The van der Waals surface area contributed by atoms with Crippen molar-refractivity contribution in [3.8, 4) is 0 Å². The third kappa shape index (κ3) is 4.83. The number of benzene rings is 1. The molecule has 1 aliphatic heterocycles. The number of rotatable bonds is 6. The van der Waals surface area contributed by atoms with Gasteiger partial charge in [-0.1, -0.05) is 29.8 Å². The molecular weight excluding hydrogens is 356 g/mol. The Morgan fingerprint density at radius 3 is 2.76 bits per heavy atom. The minimum atomic E-state index is -0.335. The van der Waals surface area contributed by atoms with Crippen LogP contribution in [0.3, 0.4) is 0 Å². The quantitative estimate of drug-likeness (QED) is 0.841. The normalized spacial score (nSPS) is 16.8. The van der Waals surface area contributed by atoms with Crippen molar-refractivity contribution >= 4 is 34.8 Å². The molecule has 6 heteroatoms. The van der Waals surface area contributed by atoms with Gasteiger partial charge in [-0.05, 0) is 48.4 Å². The molecule has 2 heterocycles. The number of carbonyl (C=O) groups is 2. The lowest BCUT2D eigenvalue weighted by atomic mass is 10.1. The van der Waals surface area contributed by atoms with E-state index in [1.807, 2.05) is 41.8 Å². The van der Waals surface area contributed by atoms with Crippen LogP contribution in [-0.4, -0.2) is 35.8 Å². The predicted molar refractivity (Wildman–Crippen MR) is 101 cm³/mol. The van der Waals surface area contributed by atoms with Crippen LogP contribution in [0, 0.1) is 0 Å². The highest BCUT2D eigenvalue weighted by Crippen LogP contribution is 2.20. The molecule has 1 aromatic heterocycles. The van der Waals surface area contributed by atoms with Crippen LogP contribution in [0.1, 0.15) is 23.3 Å². The summed E-state index contributed by atoms with van der Waals surface area (Å²) in [5.41, 5.74) is 1.13. The Bertz CT molecular complexity index is 716. The molecule has 132 valence electrons. The molecule has 1 unspecified atom stereocenters. The average Bonchev–Trinajstić information content (AvgIpc) is 3.27. The molecule has 0 bridgehead atoms. The molecule has 0 aliphatic carbocycles. The number of nitrogens with one attached hydrogen (secondary N) is 1. The highest BCUT2D eigenvalue weighted by Gasteiger charge is 2.33. The van der Waals surface area contributed by atoms with Gasteiger partial charge < -0.3 is 10.2 Å². The predicted octanol–water partition coefficient (Wildman–Crippen LogP) is 3.29. The summed E-state index contributed by atoms with van der Waals surface area (Å²) in [6.45, 7) is 1.23. The maximum atomic E-state index is 12.5. The highest BCUT2D eigenvalue weighted by molar-refractivity contribution is 7.10. The number of likely N-dealkylation sites (tertiary alicyclic amines) is 1. The number of halogens is 1. The Balaban J connectivity index is 1.50. The molecule has 0 spiro atoms. The average molecular weight is 377 g/mol. The monoisotopic (exact) mass is 376 g/mol. The Kier molecular flexibility index (Phi) is 6.10. The van der Waals surface area contributed by atoms with E-state index in [0.717, 1.165) is 29.7 Å². The Labute approximate surface area is 156 Å². The van der Waals surface area contributed by atoms with Crippen molar-refractivity contribution in [1.82, 2.24) is 10.2 Å². The SMILES string of the molecule is O=C(NCCc1ccc(Cl)cc1)C1CCCN1C(=O)Cc1cccs1. The van der Waals surface area contributed by atoms with Gasteiger partial charge in [0.25, 0.3) is 0 Å². The van der Waals surface area contributed by atoms with Gasteiger partial charge in [0, 0.05) is 23.0 Å². The largest absolute Gasteiger partial charge is 0.354 e. The maximum absolute atomic E-state index is 12.5. The second-order valence-corrected chi connectivity index (χ2v) is 7.64. The van der Waals surface area contributed by atoms with E-state index in [2.05, 4.69) is 5.32 Å². The Morgan fingerprint density at radius 2 is 2.04 bits per heavy atom. The first-order valence-corrected chi connectivity index (χ1v) is 9.73. The lowest BCUT2D eigenvalue weighted by Crippen LogP contribution is -2.46. The van der Waals surface area contributed by atoms with Gasteiger partial charge in [0.1, 0.15) is 6.04 Å². The minimum absolute atomic E-state index is 0.0396. The number of carbonyl (C=O) groups excluding carboxylic acids is 2. The number of thiophene rings is 1.